The first-order chi connectivity index (χ1) is 5.26. The molecule has 0 saturated heterocycles. The van der Waals surface area contributed by atoms with Gasteiger partial charge in [0.25, 0.3) is 0 Å². The van der Waals surface area contributed by atoms with Crippen molar-refractivity contribution in [2.75, 3.05) is 13.1 Å². The summed E-state index contributed by atoms with van der Waals surface area (Å²) in [5, 5.41) is 0. The minimum Gasteiger partial charge on any atom is -0.343 e. The van der Waals surface area contributed by atoms with Gasteiger partial charge in [0.05, 0.1) is 0 Å². The van der Waals surface area contributed by atoms with Crippen LogP contribution in [0.4, 0.5) is 0 Å². The third-order valence-electron chi connectivity index (χ3n) is 1.58. The molecule has 0 aliphatic heterocycles. The van der Waals surface area contributed by atoms with Gasteiger partial charge in [-0.05, 0) is 20.3 Å². The standard InChI is InChI=1S/C9H14NO/c1-4-7-8-9(11)10(5-2)6-3/h5-8H2,2-3H3. The second-order valence-corrected chi connectivity index (χ2v) is 2.24. The van der Waals surface area contributed by atoms with E-state index in [-0.39, 0.29) is 5.91 Å². The number of rotatable bonds is 4. The van der Waals surface area contributed by atoms with Crippen LogP contribution in [-0.2, 0) is 4.79 Å². The van der Waals surface area contributed by atoms with Crippen molar-refractivity contribution in [3.05, 3.63) is 6.42 Å². The molecule has 0 unspecified atom stereocenters. The molecule has 61 valence electrons. The van der Waals surface area contributed by atoms with Gasteiger partial charge in [-0.1, -0.05) is 5.92 Å². The Kier molecular flexibility index (Phi) is 5.28. The van der Waals surface area contributed by atoms with Gasteiger partial charge in [-0.25, -0.2) is 0 Å². The van der Waals surface area contributed by atoms with E-state index in [0.717, 1.165) is 13.1 Å². The Balaban J connectivity index is 3.72. The minimum absolute atomic E-state index is 0.120. The fraction of sp³-hybridized carbons (Fsp3) is 0.667. The average molecular weight is 152 g/mol. The molecule has 0 N–H and O–H groups in total. The summed E-state index contributed by atoms with van der Waals surface area (Å²) in [5.41, 5.74) is 0. The van der Waals surface area contributed by atoms with Gasteiger partial charge >= 0.3 is 0 Å². The maximum Gasteiger partial charge on any atom is 0.223 e. The molecule has 0 aliphatic rings. The van der Waals surface area contributed by atoms with Crippen molar-refractivity contribution < 1.29 is 4.79 Å². The monoisotopic (exact) mass is 152 g/mol. The van der Waals surface area contributed by atoms with Crippen LogP contribution in [0.15, 0.2) is 0 Å². The summed E-state index contributed by atoms with van der Waals surface area (Å²) >= 11 is 0. The number of carbonyl (C=O) groups excluding carboxylic acids is 1. The molecule has 0 bridgehead atoms. The normalized spacial score (nSPS) is 8.82. The molecule has 1 amide bonds. The van der Waals surface area contributed by atoms with E-state index in [1.807, 2.05) is 13.8 Å². The summed E-state index contributed by atoms with van der Waals surface area (Å²) in [6.07, 6.45) is 7.49. The number of amides is 1. The lowest BCUT2D eigenvalue weighted by Crippen LogP contribution is -2.29. The first-order valence-electron chi connectivity index (χ1n) is 3.93. The quantitative estimate of drug-likeness (QED) is 0.555. The SMILES string of the molecule is [C]#CCCC(=O)N(CC)CC. The van der Waals surface area contributed by atoms with Gasteiger partial charge in [0, 0.05) is 25.9 Å². The van der Waals surface area contributed by atoms with Crippen LogP contribution in [0.1, 0.15) is 26.7 Å². The molecule has 2 heteroatoms. The van der Waals surface area contributed by atoms with Crippen LogP contribution < -0.4 is 0 Å². The summed E-state index contributed by atoms with van der Waals surface area (Å²) in [6.45, 7) is 5.42. The highest BCUT2D eigenvalue weighted by atomic mass is 16.2. The molecule has 0 saturated carbocycles. The van der Waals surface area contributed by atoms with Crippen molar-refractivity contribution in [2.24, 2.45) is 0 Å². The molecule has 0 aromatic carbocycles. The van der Waals surface area contributed by atoms with Crippen LogP contribution in [0.2, 0.25) is 0 Å². The Morgan fingerprint density at radius 1 is 1.45 bits per heavy atom. The summed E-state index contributed by atoms with van der Waals surface area (Å²) in [5.74, 6) is 2.32. The van der Waals surface area contributed by atoms with Gasteiger partial charge < -0.3 is 4.90 Å². The van der Waals surface area contributed by atoms with E-state index in [0.29, 0.717) is 12.8 Å². The number of nitrogens with zero attached hydrogens (tertiary/aromatic N) is 1. The van der Waals surface area contributed by atoms with Gasteiger partial charge in [-0.15, -0.1) is 0 Å². The molecule has 0 aliphatic carbocycles. The fourth-order valence-electron chi connectivity index (χ4n) is 0.904. The molecular weight excluding hydrogens is 138 g/mol. The zero-order valence-electron chi connectivity index (χ0n) is 7.18. The van der Waals surface area contributed by atoms with Crippen LogP contribution in [-0.4, -0.2) is 23.9 Å². The second-order valence-electron chi connectivity index (χ2n) is 2.24. The van der Waals surface area contributed by atoms with Gasteiger partial charge in [-0.3, -0.25) is 4.79 Å². The van der Waals surface area contributed by atoms with Crippen LogP contribution in [0.5, 0.6) is 0 Å². The maximum atomic E-state index is 11.2. The molecule has 2 nitrogen and oxygen atoms in total. The highest BCUT2D eigenvalue weighted by Gasteiger charge is 2.06. The number of hydrogen-bond donors (Lipinski definition) is 0. The number of hydrogen-bond acceptors (Lipinski definition) is 1. The topological polar surface area (TPSA) is 20.3 Å². The van der Waals surface area contributed by atoms with E-state index in [4.69, 9.17) is 6.42 Å². The van der Waals surface area contributed by atoms with Gasteiger partial charge in [0.15, 0.2) is 0 Å². The number of carbonyl (C=O) groups is 1. The third-order valence-corrected chi connectivity index (χ3v) is 1.58. The lowest BCUT2D eigenvalue weighted by molar-refractivity contribution is -0.130. The molecule has 1 radical (unpaired) electrons. The van der Waals surface area contributed by atoms with E-state index in [1.165, 1.54) is 0 Å². The molecule has 0 fully saturated rings. The fourth-order valence-corrected chi connectivity index (χ4v) is 0.904. The smallest absolute Gasteiger partial charge is 0.223 e. The first-order valence-corrected chi connectivity index (χ1v) is 3.93. The van der Waals surface area contributed by atoms with Crippen LogP contribution in [0.25, 0.3) is 0 Å². The largest absolute Gasteiger partial charge is 0.343 e. The predicted octanol–water partition coefficient (Wildman–Crippen LogP) is 1.22. The van der Waals surface area contributed by atoms with E-state index >= 15 is 0 Å². The van der Waals surface area contributed by atoms with Crippen molar-refractivity contribution in [2.45, 2.75) is 26.7 Å². The van der Waals surface area contributed by atoms with Gasteiger partial charge in [0.1, 0.15) is 0 Å². The van der Waals surface area contributed by atoms with Crippen molar-refractivity contribution in [1.29, 1.82) is 0 Å². The summed E-state index contributed by atoms with van der Waals surface area (Å²) in [4.78, 5) is 12.9. The van der Waals surface area contributed by atoms with Crippen LogP contribution in [0, 0.1) is 12.3 Å². The van der Waals surface area contributed by atoms with Crippen LogP contribution in [0.3, 0.4) is 0 Å². The van der Waals surface area contributed by atoms with Crippen molar-refractivity contribution >= 4 is 5.91 Å². The zero-order chi connectivity index (χ0) is 8.69. The summed E-state index contributed by atoms with van der Waals surface area (Å²) in [6, 6.07) is 0. The van der Waals surface area contributed by atoms with Crippen LogP contribution >= 0.6 is 0 Å². The molecule has 0 aromatic heterocycles. The molecule has 0 heterocycles. The molecular formula is C9H14NO. The molecule has 0 atom stereocenters. The Morgan fingerprint density at radius 2 is 2.00 bits per heavy atom. The predicted molar refractivity (Wildman–Crippen MR) is 44.3 cm³/mol. The minimum atomic E-state index is 0.120. The highest BCUT2D eigenvalue weighted by molar-refractivity contribution is 5.76. The molecule has 0 rings (SSSR count). The summed E-state index contributed by atoms with van der Waals surface area (Å²) < 4.78 is 0. The Hall–Kier alpha value is -0.970. The van der Waals surface area contributed by atoms with Crippen molar-refractivity contribution in [1.82, 2.24) is 4.90 Å². The lowest BCUT2D eigenvalue weighted by Gasteiger charge is -2.17. The lowest BCUT2D eigenvalue weighted by atomic mass is 10.3. The zero-order valence-corrected chi connectivity index (χ0v) is 7.18. The van der Waals surface area contributed by atoms with Crippen molar-refractivity contribution in [3.8, 4) is 5.92 Å². The van der Waals surface area contributed by atoms with E-state index in [9.17, 15) is 4.79 Å². The Bertz CT molecular complexity index is 153. The maximum absolute atomic E-state index is 11.2. The molecule has 11 heavy (non-hydrogen) atoms. The second kappa shape index (κ2) is 5.79. The van der Waals surface area contributed by atoms with E-state index in [2.05, 4.69) is 5.92 Å². The third kappa shape index (κ3) is 3.67. The van der Waals surface area contributed by atoms with E-state index in [1.54, 1.807) is 4.90 Å². The highest BCUT2D eigenvalue weighted by Crippen LogP contribution is 1.95. The first kappa shape index (κ1) is 10.0. The Morgan fingerprint density at radius 3 is 2.36 bits per heavy atom. The average Bonchev–Trinajstić information content (AvgIpc) is 2.03. The summed E-state index contributed by atoms with van der Waals surface area (Å²) in [7, 11) is 0. The Labute approximate surface area is 68.6 Å². The van der Waals surface area contributed by atoms with Gasteiger partial charge in [-0.2, -0.15) is 0 Å². The van der Waals surface area contributed by atoms with Crippen molar-refractivity contribution in [3.63, 3.8) is 0 Å². The molecule has 0 spiro atoms. The molecule has 0 aromatic rings. The van der Waals surface area contributed by atoms with E-state index < -0.39 is 0 Å². The van der Waals surface area contributed by atoms with Gasteiger partial charge in [0.2, 0.25) is 5.91 Å².